The zero-order chi connectivity index (χ0) is 17.0. The first-order chi connectivity index (χ1) is 10.9. The normalized spacial score (nSPS) is 14.8. The number of carbonyl (C=O) groups is 1. The molecule has 1 amide bonds. The van der Waals surface area contributed by atoms with E-state index in [1.807, 2.05) is 0 Å². The number of carbonyl (C=O) groups excluding carboxylic acids is 1. The molecular formula is C17H18F2N2O2. The van der Waals surface area contributed by atoms with Crippen LogP contribution in [-0.2, 0) is 15.1 Å². The quantitative estimate of drug-likeness (QED) is 0.921. The molecule has 0 aliphatic carbocycles. The minimum Gasteiger partial charge on any atom is -0.364 e. The van der Waals surface area contributed by atoms with Crippen molar-refractivity contribution in [3.05, 3.63) is 65.5 Å². The van der Waals surface area contributed by atoms with Gasteiger partial charge in [0.05, 0.1) is 17.9 Å². The summed E-state index contributed by atoms with van der Waals surface area (Å²) in [6, 6.07) is 8.20. The number of nitrogens with zero attached hydrogens (tertiary/aromatic N) is 1. The molecule has 1 aromatic heterocycles. The first-order valence-corrected chi connectivity index (χ1v) is 7.11. The summed E-state index contributed by atoms with van der Waals surface area (Å²) in [7, 11) is 1.34. The SMILES string of the molecule is COC(C)(C(=O)N[C@@H](C)c1ccc(F)cn1)c1ccccc1F. The van der Waals surface area contributed by atoms with Crippen molar-refractivity contribution < 1.29 is 18.3 Å². The zero-order valence-electron chi connectivity index (χ0n) is 13.1. The van der Waals surface area contributed by atoms with Crippen LogP contribution in [0.15, 0.2) is 42.6 Å². The zero-order valence-corrected chi connectivity index (χ0v) is 13.1. The van der Waals surface area contributed by atoms with Crippen LogP contribution < -0.4 is 5.32 Å². The topological polar surface area (TPSA) is 51.2 Å². The van der Waals surface area contributed by atoms with E-state index in [9.17, 15) is 13.6 Å². The molecule has 0 fully saturated rings. The molecule has 4 nitrogen and oxygen atoms in total. The van der Waals surface area contributed by atoms with E-state index in [0.717, 1.165) is 6.20 Å². The molecule has 0 saturated carbocycles. The fourth-order valence-electron chi connectivity index (χ4n) is 2.22. The van der Waals surface area contributed by atoms with Crippen LogP contribution in [0, 0.1) is 11.6 Å². The van der Waals surface area contributed by atoms with Gasteiger partial charge in [0.1, 0.15) is 11.6 Å². The lowest BCUT2D eigenvalue weighted by Crippen LogP contribution is -2.45. The number of hydrogen-bond donors (Lipinski definition) is 1. The number of methoxy groups -OCH3 is 1. The summed E-state index contributed by atoms with van der Waals surface area (Å²) >= 11 is 0. The van der Waals surface area contributed by atoms with Gasteiger partial charge in [0.15, 0.2) is 5.60 Å². The Morgan fingerprint density at radius 1 is 1.26 bits per heavy atom. The maximum absolute atomic E-state index is 14.0. The van der Waals surface area contributed by atoms with Crippen molar-refractivity contribution in [3.63, 3.8) is 0 Å². The third-order valence-corrected chi connectivity index (χ3v) is 3.77. The first kappa shape index (κ1) is 17.0. The maximum Gasteiger partial charge on any atom is 0.257 e. The van der Waals surface area contributed by atoms with Gasteiger partial charge < -0.3 is 10.1 Å². The molecule has 0 aliphatic rings. The van der Waals surface area contributed by atoms with Gasteiger partial charge in [0.25, 0.3) is 5.91 Å². The Bertz CT molecular complexity index is 691. The third kappa shape index (κ3) is 3.53. The highest BCUT2D eigenvalue weighted by Crippen LogP contribution is 2.28. The van der Waals surface area contributed by atoms with Crippen molar-refractivity contribution in [1.82, 2.24) is 10.3 Å². The number of pyridine rings is 1. The molecule has 0 bridgehead atoms. The predicted molar refractivity (Wildman–Crippen MR) is 81.5 cm³/mol. The van der Waals surface area contributed by atoms with Crippen molar-refractivity contribution in [2.75, 3.05) is 7.11 Å². The summed E-state index contributed by atoms with van der Waals surface area (Å²) in [4.78, 5) is 16.5. The molecule has 2 aromatic rings. The Balaban J connectivity index is 2.23. The van der Waals surface area contributed by atoms with E-state index in [0.29, 0.717) is 5.69 Å². The Morgan fingerprint density at radius 3 is 2.52 bits per heavy atom. The van der Waals surface area contributed by atoms with Crippen LogP contribution in [0.25, 0.3) is 0 Å². The molecule has 2 rings (SSSR count). The minimum atomic E-state index is -1.49. The van der Waals surface area contributed by atoms with Crippen molar-refractivity contribution in [2.24, 2.45) is 0 Å². The molecule has 0 spiro atoms. The van der Waals surface area contributed by atoms with Gasteiger partial charge in [-0.25, -0.2) is 8.78 Å². The highest BCUT2D eigenvalue weighted by Gasteiger charge is 2.38. The molecule has 0 saturated heterocycles. The van der Waals surface area contributed by atoms with E-state index in [1.165, 1.54) is 44.4 Å². The summed E-state index contributed by atoms with van der Waals surface area (Å²) in [5, 5.41) is 2.72. The van der Waals surface area contributed by atoms with Crippen LogP contribution in [0.3, 0.4) is 0 Å². The molecule has 0 radical (unpaired) electrons. The van der Waals surface area contributed by atoms with Crippen molar-refractivity contribution in [3.8, 4) is 0 Å². The molecule has 1 aromatic carbocycles. The van der Waals surface area contributed by atoms with Crippen LogP contribution >= 0.6 is 0 Å². The Labute approximate surface area is 133 Å². The lowest BCUT2D eigenvalue weighted by molar-refractivity contribution is -0.143. The number of aromatic nitrogens is 1. The summed E-state index contributed by atoms with van der Waals surface area (Å²) in [6.07, 6.45) is 1.07. The lowest BCUT2D eigenvalue weighted by atomic mass is 9.93. The van der Waals surface area contributed by atoms with Gasteiger partial charge in [-0.05, 0) is 32.0 Å². The summed E-state index contributed by atoms with van der Waals surface area (Å²) in [5.41, 5.74) is -0.856. The number of hydrogen-bond acceptors (Lipinski definition) is 3. The smallest absolute Gasteiger partial charge is 0.257 e. The van der Waals surface area contributed by atoms with Gasteiger partial charge in [-0.2, -0.15) is 0 Å². The number of ether oxygens (including phenoxy) is 1. The molecule has 1 heterocycles. The molecule has 2 atom stereocenters. The van der Waals surface area contributed by atoms with E-state index in [1.54, 1.807) is 13.0 Å². The van der Waals surface area contributed by atoms with Gasteiger partial charge in [-0.1, -0.05) is 18.2 Å². The minimum absolute atomic E-state index is 0.138. The van der Waals surface area contributed by atoms with Gasteiger partial charge >= 0.3 is 0 Å². The molecule has 23 heavy (non-hydrogen) atoms. The fraction of sp³-hybridized carbons (Fsp3) is 0.294. The predicted octanol–water partition coefficient (Wildman–Crippen LogP) is 3.10. The van der Waals surface area contributed by atoms with Crippen LogP contribution in [0.2, 0.25) is 0 Å². The molecule has 6 heteroatoms. The second-order valence-electron chi connectivity index (χ2n) is 5.31. The number of halogens is 2. The van der Waals surface area contributed by atoms with Crippen LogP contribution in [-0.4, -0.2) is 18.0 Å². The summed E-state index contributed by atoms with van der Waals surface area (Å²) in [5.74, 6) is -1.50. The summed E-state index contributed by atoms with van der Waals surface area (Å²) < 4.78 is 32.2. The van der Waals surface area contributed by atoms with Crippen LogP contribution in [0.4, 0.5) is 8.78 Å². The lowest BCUT2D eigenvalue weighted by Gasteiger charge is -2.29. The Morgan fingerprint density at radius 2 is 1.96 bits per heavy atom. The summed E-state index contributed by atoms with van der Waals surface area (Å²) in [6.45, 7) is 3.20. The monoisotopic (exact) mass is 320 g/mol. The van der Waals surface area contributed by atoms with Crippen molar-refractivity contribution in [1.29, 1.82) is 0 Å². The van der Waals surface area contributed by atoms with E-state index < -0.39 is 29.2 Å². The van der Waals surface area contributed by atoms with Crippen LogP contribution in [0.1, 0.15) is 31.1 Å². The van der Waals surface area contributed by atoms with Gasteiger partial charge in [-0.3, -0.25) is 9.78 Å². The number of nitrogens with one attached hydrogen (secondary N) is 1. The Hall–Kier alpha value is -2.34. The maximum atomic E-state index is 14.0. The molecule has 1 N–H and O–H groups in total. The first-order valence-electron chi connectivity index (χ1n) is 7.11. The molecular weight excluding hydrogens is 302 g/mol. The standard InChI is InChI=1S/C17H18F2N2O2/c1-11(15-9-8-12(18)10-20-15)21-16(22)17(2,23-3)13-6-4-5-7-14(13)19/h4-11H,1-3H3,(H,21,22)/t11-,17?/m0/s1. The van der Waals surface area contributed by atoms with E-state index in [4.69, 9.17) is 4.74 Å². The molecule has 0 aliphatic heterocycles. The highest BCUT2D eigenvalue weighted by molar-refractivity contribution is 5.86. The van der Waals surface area contributed by atoms with Crippen molar-refractivity contribution in [2.45, 2.75) is 25.5 Å². The molecule has 1 unspecified atom stereocenters. The largest absolute Gasteiger partial charge is 0.364 e. The number of rotatable bonds is 5. The fourth-order valence-corrected chi connectivity index (χ4v) is 2.22. The highest BCUT2D eigenvalue weighted by atomic mass is 19.1. The second-order valence-corrected chi connectivity index (χ2v) is 5.31. The number of amides is 1. The average molecular weight is 320 g/mol. The van der Waals surface area contributed by atoms with Crippen molar-refractivity contribution >= 4 is 5.91 Å². The second kappa shape index (κ2) is 6.83. The van der Waals surface area contributed by atoms with Crippen LogP contribution in [0.5, 0.6) is 0 Å². The third-order valence-electron chi connectivity index (χ3n) is 3.77. The van der Waals surface area contributed by atoms with Gasteiger partial charge in [0, 0.05) is 12.7 Å². The van der Waals surface area contributed by atoms with E-state index in [2.05, 4.69) is 10.3 Å². The Kier molecular flexibility index (Phi) is 5.05. The van der Waals surface area contributed by atoms with E-state index >= 15 is 0 Å². The van der Waals surface area contributed by atoms with Gasteiger partial charge in [-0.15, -0.1) is 0 Å². The molecule has 122 valence electrons. The van der Waals surface area contributed by atoms with E-state index in [-0.39, 0.29) is 5.56 Å². The number of benzene rings is 1. The van der Waals surface area contributed by atoms with Gasteiger partial charge in [0.2, 0.25) is 0 Å². The average Bonchev–Trinajstić information content (AvgIpc) is 2.55.